The van der Waals surface area contributed by atoms with Gasteiger partial charge in [0.05, 0.1) is 24.9 Å². The zero-order valence-corrected chi connectivity index (χ0v) is 47.6. The molecule has 2 fully saturated rings. The van der Waals surface area contributed by atoms with Crippen molar-refractivity contribution in [2.45, 2.75) is 116 Å². The summed E-state index contributed by atoms with van der Waals surface area (Å²) in [5, 5.41) is 16.6. The van der Waals surface area contributed by atoms with Crippen molar-refractivity contribution in [2.24, 2.45) is 29.4 Å². The van der Waals surface area contributed by atoms with Crippen molar-refractivity contribution < 1.29 is 66.1 Å². The predicted octanol–water partition coefficient (Wildman–Crippen LogP) is 8.11. The highest BCUT2D eigenvalue weighted by Crippen LogP contribution is 2.39. The van der Waals surface area contributed by atoms with Gasteiger partial charge in [-0.15, -0.1) is 0 Å². The number of likely N-dealkylation sites (tertiary alicyclic amines) is 1. The van der Waals surface area contributed by atoms with Crippen LogP contribution in [0, 0.1) is 35.3 Å². The Morgan fingerprint density at radius 1 is 0.893 bits per heavy atom. The van der Waals surface area contributed by atoms with E-state index in [0.29, 0.717) is 80.0 Å². The molecule has 1 aromatic heterocycles. The predicted molar refractivity (Wildman–Crippen MR) is 307 cm³/mol. The van der Waals surface area contributed by atoms with Crippen molar-refractivity contribution in [2.75, 3.05) is 50.5 Å². The summed E-state index contributed by atoms with van der Waals surface area (Å²) < 4.78 is 65.1. The Morgan fingerprint density at radius 2 is 1.63 bits per heavy atom. The number of benzene rings is 4. The van der Waals surface area contributed by atoms with Crippen LogP contribution in [-0.4, -0.2) is 124 Å². The summed E-state index contributed by atoms with van der Waals surface area (Å²) in [5.41, 5.74) is 13.6. The second-order valence-electron chi connectivity index (χ2n) is 21.9. The van der Waals surface area contributed by atoms with Gasteiger partial charge in [0.2, 0.25) is 17.7 Å². The molecule has 450 valence electrons. The van der Waals surface area contributed by atoms with Crippen molar-refractivity contribution in [1.29, 1.82) is 0 Å². The van der Waals surface area contributed by atoms with E-state index in [9.17, 15) is 43.1 Å². The molecular weight excluding hydrogens is 1090 g/mol. The average molecular weight is 1170 g/mol. The molecule has 4 aromatic carbocycles. The molecule has 22 heteroatoms. The number of nitrogens with one attached hydrogen (secondary N) is 2. The maximum Gasteiger partial charge on any atom is 0.410 e. The number of alkyl halides is 1. The number of aliphatic hydroxyl groups excluding tert-OH is 1. The Kier molecular flexibility index (Phi) is 23.0. The lowest BCUT2D eigenvalue weighted by Gasteiger charge is -2.40. The van der Waals surface area contributed by atoms with Crippen LogP contribution in [0.5, 0.6) is 5.75 Å². The maximum absolute atomic E-state index is 16.3. The highest BCUT2D eigenvalue weighted by atomic mass is 19.1. The molecule has 7 N–H and O–H groups in total. The highest BCUT2D eigenvalue weighted by molar-refractivity contribution is 5.98. The highest BCUT2D eigenvalue weighted by Gasteiger charge is 2.44. The Hall–Kier alpha value is -8.11. The topological polar surface area (TPSA) is 268 Å². The molecule has 6 atom stereocenters. The van der Waals surface area contributed by atoms with Gasteiger partial charge in [-0.3, -0.25) is 28.8 Å². The van der Waals surface area contributed by atoms with Crippen molar-refractivity contribution in [3.05, 3.63) is 131 Å². The number of carbonyl (C=O) groups is 7. The number of carbonyl (C=O) groups excluding carboxylic acids is 7. The van der Waals surface area contributed by atoms with E-state index in [2.05, 4.69) is 10.6 Å². The number of hydrogen-bond acceptors (Lipinski definition) is 13. The largest absolute Gasteiger partial charge is 0.494 e. The molecule has 2 saturated heterocycles. The van der Waals surface area contributed by atoms with Gasteiger partial charge in [-0.05, 0) is 104 Å². The lowest BCUT2D eigenvalue weighted by molar-refractivity contribution is -0.145. The normalized spacial score (nSPS) is 16.7. The third-order valence-electron chi connectivity index (χ3n) is 15.2. The van der Waals surface area contributed by atoms with Crippen LogP contribution in [0.1, 0.15) is 112 Å². The Bertz CT molecular complexity index is 3070. The molecule has 5 aromatic rings. The smallest absolute Gasteiger partial charge is 0.410 e. The maximum atomic E-state index is 16.3. The zero-order chi connectivity index (χ0) is 60.5. The van der Waals surface area contributed by atoms with E-state index in [1.807, 2.05) is 44.2 Å². The van der Waals surface area contributed by atoms with E-state index in [1.54, 1.807) is 41.1 Å². The molecule has 0 aliphatic carbocycles. The minimum absolute atomic E-state index is 0.0729. The van der Waals surface area contributed by atoms with Crippen molar-refractivity contribution >= 4 is 53.2 Å². The van der Waals surface area contributed by atoms with Gasteiger partial charge < -0.3 is 55.8 Å². The van der Waals surface area contributed by atoms with Crippen LogP contribution in [0.2, 0.25) is 0 Å². The number of aliphatic hydroxyl groups is 1. The quantitative estimate of drug-likeness (QED) is 0.0172. The number of unbranched alkanes of at least 4 members (excludes halogenated alkanes) is 1. The number of ketones is 1. The van der Waals surface area contributed by atoms with Crippen LogP contribution in [0.4, 0.5) is 29.3 Å². The van der Waals surface area contributed by atoms with E-state index in [0.717, 1.165) is 23.8 Å². The van der Waals surface area contributed by atoms with Gasteiger partial charge in [-0.25, -0.2) is 22.9 Å². The van der Waals surface area contributed by atoms with Gasteiger partial charge in [0.1, 0.15) is 53.9 Å². The van der Waals surface area contributed by atoms with Gasteiger partial charge in [0.15, 0.2) is 6.29 Å². The number of nitrogens with two attached hydrogens (primary N) is 2. The first-order chi connectivity index (χ1) is 40.3. The molecule has 0 unspecified atom stereocenters. The van der Waals surface area contributed by atoms with Crippen LogP contribution >= 0.6 is 0 Å². The summed E-state index contributed by atoms with van der Waals surface area (Å²) >= 11 is 0. The summed E-state index contributed by atoms with van der Waals surface area (Å²) in [6.07, 6.45) is 0.639. The minimum Gasteiger partial charge on any atom is -0.494 e. The number of amides is 5. The van der Waals surface area contributed by atoms with E-state index in [4.69, 9.17) is 30.7 Å². The number of ether oxygens (including phenoxy) is 3. The first-order valence-corrected chi connectivity index (χ1v) is 28.4. The van der Waals surface area contributed by atoms with Crippen molar-refractivity contribution in [3.63, 3.8) is 0 Å². The summed E-state index contributed by atoms with van der Waals surface area (Å²) in [4.78, 5) is 98.8. The number of primary amides is 1. The molecule has 0 saturated carbocycles. The van der Waals surface area contributed by atoms with E-state index in [1.165, 1.54) is 28.9 Å². The van der Waals surface area contributed by atoms with Gasteiger partial charge >= 0.3 is 6.09 Å². The van der Waals surface area contributed by atoms with Crippen LogP contribution in [0.25, 0.3) is 11.3 Å². The Balaban J connectivity index is 0.979. The van der Waals surface area contributed by atoms with Crippen molar-refractivity contribution in [3.8, 4) is 17.0 Å². The second-order valence-corrected chi connectivity index (χ2v) is 21.9. The molecule has 84 heavy (non-hydrogen) atoms. The summed E-state index contributed by atoms with van der Waals surface area (Å²) in [6, 6.07) is 21.5. The SMILES string of the molecule is CC(C)[C@H](CC(=O)CCCOc1ccc(C=O)c(N)c1)C(=O)N[C@@H](CCCCC(N)=O)C(=O)Nc1ccc(COC(=O)N2C[C@@H](CN(C(=O)[C@H](C)O)[C@@H](c3nc(-c4cc(F)ccc4F)cn3Cc3ccccc3)C3CCOCC3)[C@@H](F)C2)cc1. The molecular formula is C62H75F3N8O11. The summed E-state index contributed by atoms with van der Waals surface area (Å²) in [7, 11) is 0. The molecule has 19 nitrogen and oxygen atoms in total. The average Bonchev–Trinajstić information content (AvgIpc) is 2.87. The number of nitrogen functional groups attached to an aromatic ring is 1. The fraction of sp³-hybridized carbons (Fsp3) is 0.452. The second kappa shape index (κ2) is 30.4. The molecule has 0 bridgehead atoms. The fourth-order valence-corrected chi connectivity index (χ4v) is 10.6. The molecule has 7 rings (SSSR count). The number of hydrogen-bond donors (Lipinski definition) is 5. The number of aromatic nitrogens is 2. The van der Waals surface area contributed by atoms with E-state index in [-0.39, 0.29) is 99.6 Å². The summed E-state index contributed by atoms with van der Waals surface area (Å²) in [6.45, 7) is 5.10. The van der Waals surface area contributed by atoms with Gasteiger partial charge in [-0.2, -0.15) is 0 Å². The van der Waals surface area contributed by atoms with E-state index < -0.39 is 77.6 Å². The number of rotatable bonds is 29. The number of halogens is 3. The summed E-state index contributed by atoms with van der Waals surface area (Å²) in [5.74, 6) is -5.30. The van der Waals surface area contributed by atoms with Crippen molar-refractivity contribution in [1.82, 2.24) is 24.7 Å². The van der Waals surface area contributed by atoms with Gasteiger partial charge in [-0.1, -0.05) is 62.7 Å². The molecule has 2 aliphatic rings. The minimum atomic E-state index is -1.62. The standard InChI is InChI=1S/C62H75F3N8O11/c1-38(2)49(29-47(76)12-9-25-83-48-21-17-43(36-74)53(66)30-48)59(78)70-54(13-7-8-14-56(67)77)60(79)68-46-19-15-41(16-20-46)37-84-62(81)72-32-44(52(65)34-72)33-73(61(80)39(3)75)57(42-23-26-82-27-24-42)58-69-55(50-28-45(63)18-22-51(50)64)35-71(58)31-40-10-5-4-6-11-40/h4-6,10-11,15-22,28,30,35-36,38-39,42,44,49,52,54,57,75H,7-9,12-14,23-27,29,31-34,37,66H2,1-3H3,(H2,67,77)(H,68,79)(H,70,78)/t39-,44-,49-,52-,54-,57+/m0/s1. The first kappa shape index (κ1) is 63.5. The number of imidazole rings is 1. The number of aldehydes is 1. The number of nitrogens with zero attached hydrogens (tertiary/aromatic N) is 4. The molecule has 3 heterocycles. The Labute approximate surface area is 486 Å². The number of Topliss-reactive ketones (excluding diaryl/α,β-unsaturated/α-hetero) is 1. The third kappa shape index (κ3) is 17.7. The van der Waals surface area contributed by atoms with Crippen LogP contribution in [0.3, 0.4) is 0 Å². The van der Waals surface area contributed by atoms with Crippen LogP contribution in [-0.2, 0) is 46.6 Å². The first-order valence-electron chi connectivity index (χ1n) is 28.4. The molecule has 0 radical (unpaired) electrons. The molecule has 5 amide bonds. The third-order valence-corrected chi connectivity index (χ3v) is 15.2. The lowest BCUT2D eigenvalue weighted by Crippen LogP contribution is -2.48. The number of anilines is 2. The molecule has 0 spiro atoms. The van der Waals surface area contributed by atoms with Crippen LogP contribution in [0.15, 0.2) is 97.2 Å². The van der Waals surface area contributed by atoms with Gasteiger partial charge in [0, 0.05) is 98.7 Å². The van der Waals surface area contributed by atoms with E-state index >= 15 is 8.78 Å². The lowest BCUT2D eigenvalue weighted by atomic mass is 9.88. The zero-order valence-electron chi connectivity index (χ0n) is 47.6. The Morgan fingerprint density at radius 3 is 2.31 bits per heavy atom. The monoisotopic (exact) mass is 1160 g/mol. The van der Waals surface area contributed by atoms with Crippen LogP contribution < -0.4 is 26.8 Å². The molecule has 2 aliphatic heterocycles. The van der Waals surface area contributed by atoms with Gasteiger partial charge in [0.25, 0.3) is 5.91 Å². The fourth-order valence-electron chi connectivity index (χ4n) is 10.6.